The highest BCUT2D eigenvalue weighted by Gasteiger charge is 2.32. The number of carbonyl (C=O) groups excluding carboxylic acids is 2. The lowest BCUT2D eigenvalue weighted by Gasteiger charge is -2.28. The molecule has 0 saturated heterocycles. The zero-order chi connectivity index (χ0) is 21.1. The van der Waals surface area contributed by atoms with Gasteiger partial charge in [-0.1, -0.05) is 6.07 Å². The van der Waals surface area contributed by atoms with Gasteiger partial charge in [-0.15, -0.1) is 0 Å². The molecule has 0 spiro atoms. The van der Waals surface area contributed by atoms with Gasteiger partial charge in [-0.05, 0) is 58.7 Å². The highest BCUT2D eigenvalue weighted by Crippen LogP contribution is 2.33. The van der Waals surface area contributed by atoms with E-state index in [-0.39, 0.29) is 11.3 Å². The van der Waals surface area contributed by atoms with Crippen molar-refractivity contribution in [3.63, 3.8) is 0 Å². The number of methoxy groups -OCH3 is 1. The molecule has 3 rings (SSSR count). The van der Waals surface area contributed by atoms with Crippen molar-refractivity contribution in [1.29, 1.82) is 0 Å². The van der Waals surface area contributed by atoms with E-state index in [2.05, 4.69) is 31.9 Å². The van der Waals surface area contributed by atoms with Gasteiger partial charge in [-0.3, -0.25) is 14.9 Å². The van der Waals surface area contributed by atoms with Crippen molar-refractivity contribution in [3.05, 3.63) is 73.9 Å². The van der Waals surface area contributed by atoms with E-state index in [1.165, 1.54) is 12.1 Å². The molecule has 0 aliphatic carbocycles. The maximum atomic E-state index is 13.0. The van der Waals surface area contributed by atoms with Crippen LogP contribution in [0.5, 0.6) is 5.75 Å². The average Bonchev–Trinajstić information content (AvgIpc) is 2.68. The summed E-state index contributed by atoms with van der Waals surface area (Å²) < 4.78 is 5.40. The number of nitrogens with zero attached hydrogens (tertiary/aromatic N) is 1. The number of hydrogen-bond acceptors (Lipinski definition) is 5. The topological polar surface area (TPSA) is 123 Å². The van der Waals surface area contributed by atoms with Gasteiger partial charge >= 0.3 is 6.03 Å². The third-order valence-electron chi connectivity index (χ3n) is 4.36. The summed E-state index contributed by atoms with van der Waals surface area (Å²) in [5.41, 5.74) is 1.39. The molecular weight excluding hydrogens is 444 g/mol. The lowest BCUT2D eigenvalue weighted by atomic mass is 9.94. The highest BCUT2D eigenvalue weighted by molar-refractivity contribution is 9.10. The zero-order valence-corrected chi connectivity index (χ0v) is 17.1. The van der Waals surface area contributed by atoms with Crippen LogP contribution in [-0.2, 0) is 4.79 Å². The maximum absolute atomic E-state index is 13.0. The van der Waals surface area contributed by atoms with Gasteiger partial charge < -0.3 is 20.7 Å². The molecule has 3 amide bonds. The summed E-state index contributed by atoms with van der Waals surface area (Å²) in [6.07, 6.45) is 0. The first-order valence-electron chi connectivity index (χ1n) is 8.47. The van der Waals surface area contributed by atoms with Crippen LogP contribution in [0, 0.1) is 10.1 Å². The number of anilines is 1. The largest absolute Gasteiger partial charge is 0.497 e. The number of allylic oxidation sites excluding steroid dienone is 1. The van der Waals surface area contributed by atoms with Crippen LogP contribution in [0.25, 0.3) is 0 Å². The third kappa shape index (κ3) is 4.37. The number of urea groups is 1. The summed E-state index contributed by atoms with van der Waals surface area (Å²) in [5, 5.41) is 19.3. The van der Waals surface area contributed by atoms with Gasteiger partial charge in [0, 0.05) is 17.5 Å². The molecular formula is C19H17BrN4O5. The van der Waals surface area contributed by atoms with Crippen LogP contribution in [0.3, 0.4) is 0 Å². The number of nitro benzene ring substituents is 1. The van der Waals surface area contributed by atoms with Crippen molar-refractivity contribution in [2.24, 2.45) is 0 Å². The summed E-state index contributed by atoms with van der Waals surface area (Å²) in [5.74, 6) is 0.195. The normalized spacial score (nSPS) is 16.0. The minimum absolute atomic E-state index is 0.164. The SMILES string of the molecule is COc1ccc(NC(=O)C2=C(C)NC(=O)NC2c2ccc(Br)c([N+](=O)[O-])c2)cc1. The second kappa shape index (κ2) is 8.31. The van der Waals surface area contributed by atoms with Gasteiger partial charge in [0.1, 0.15) is 5.75 Å². The lowest BCUT2D eigenvalue weighted by molar-refractivity contribution is -0.385. The van der Waals surface area contributed by atoms with E-state index in [1.54, 1.807) is 44.4 Å². The molecule has 29 heavy (non-hydrogen) atoms. The molecule has 1 aliphatic heterocycles. The van der Waals surface area contributed by atoms with Gasteiger partial charge in [0.25, 0.3) is 11.6 Å². The Labute approximate surface area is 174 Å². The molecule has 0 aromatic heterocycles. The number of nitrogens with one attached hydrogen (secondary N) is 3. The molecule has 1 atom stereocenters. The van der Waals surface area contributed by atoms with Crippen LogP contribution >= 0.6 is 15.9 Å². The molecule has 2 aromatic carbocycles. The summed E-state index contributed by atoms with van der Waals surface area (Å²) in [6, 6.07) is 9.86. The lowest BCUT2D eigenvalue weighted by Crippen LogP contribution is -2.46. The number of rotatable bonds is 5. The van der Waals surface area contributed by atoms with Gasteiger partial charge in [-0.25, -0.2) is 4.79 Å². The van der Waals surface area contributed by atoms with Crippen molar-refractivity contribution in [2.75, 3.05) is 12.4 Å². The second-order valence-electron chi connectivity index (χ2n) is 6.22. The monoisotopic (exact) mass is 460 g/mol. The highest BCUT2D eigenvalue weighted by atomic mass is 79.9. The summed E-state index contributed by atoms with van der Waals surface area (Å²) in [7, 11) is 1.54. The number of amides is 3. The van der Waals surface area contributed by atoms with E-state index in [0.717, 1.165) is 0 Å². The first kappa shape index (κ1) is 20.3. The number of hydrogen-bond donors (Lipinski definition) is 3. The summed E-state index contributed by atoms with van der Waals surface area (Å²) in [4.78, 5) is 35.7. The molecule has 1 aliphatic rings. The standard InChI is InChI=1S/C19H17BrN4O5/c1-10-16(18(25)22-12-4-6-13(29-2)7-5-12)17(23-19(26)21-10)11-3-8-14(20)15(9-11)24(27)28/h3-9,17H,1-2H3,(H,22,25)(H2,21,23,26). The minimum atomic E-state index is -0.853. The molecule has 10 heteroatoms. The van der Waals surface area contributed by atoms with Crippen LogP contribution < -0.4 is 20.7 Å². The fraction of sp³-hybridized carbons (Fsp3) is 0.158. The van der Waals surface area contributed by atoms with Gasteiger partial charge in [0.2, 0.25) is 0 Å². The molecule has 0 saturated carbocycles. The smallest absolute Gasteiger partial charge is 0.319 e. The first-order valence-corrected chi connectivity index (χ1v) is 9.27. The Hall–Kier alpha value is -3.40. The number of carbonyl (C=O) groups is 2. The number of halogens is 1. The van der Waals surface area contributed by atoms with Crippen LogP contribution in [0.2, 0.25) is 0 Å². The predicted octanol–water partition coefficient (Wildman–Crippen LogP) is 3.63. The molecule has 1 unspecified atom stereocenters. The molecule has 0 radical (unpaired) electrons. The zero-order valence-electron chi connectivity index (χ0n) is 15.5. The van der Waals surface area contributed by atoms with Crippen LogP contribution in [0.1, 0.15) is 18.5 Å². The number of benzene rings is 2. The van der Waals surface area contributed by atoms with Gasteiger partial charge in [0.05, 0.1) is 28.1 Å². The Morgan fingerprint density at radius 1 is 1.24 bits per heavy atom. The molecule has 1 heterocycles. The summed E-state index contributed by atoms with van der Waals surface area (Å²) in [6.45, 7) is 1.60. The molecule has 3 N–H and O–H groups in total. The molecule has 0 bridgehead atoms. The fourth-order valence-corrected chi connectivity index (χ4v) is 3.36. The second-order valence-corrected chi connectivity index (χ2v) is 7.08. The van der Waals surface area contributed by atoms with E-state index >= 15 is 0 Å². The van der Waals surface area contributed by atoms with E-state index in [0.29, 0.717) is 27.2 Å². The van der Waals surface area contributed by atoms with Gasteiger partial charge in [0.15, 0.2) is 0 Å². The van der Waals surface area contributed by atoms with Gasteiger partial charge in [-0.2, -0.15) is 0 Å². The van der Waals surface area contributed by atoms with Crippen molar-refractivity contribution < 1.29 is 19.2 Å². The van der Waals surface area contributed by atoms with Crippen molar-refractivity contribution in [1.82, 2.24) is 10.6 Å². The van der Waals surface area contributed by atoms with Crippen molar-refractivity contribution in [3.8, 4) is 5.75 Å². The Kier molecular flexibility index (Phi) is 5.83. The van der Waals surface area contributed by atoms with Crippen molar-refractivity contribution in [2.45, 2.75) is 13.0 Å². The molecule has 9 nitrogen and oxygen atoms in total. The van der Waals surface area contributed by atoms with E-state index in [9.17, 15) is 19.7 Å². The van der Waals surface area contributed by atoms with Crippen LogP contribution in [0.15, 0.2) is 58.2 Å². The molecule has 150 valence electrons. The minimum Gasteiger partial charge on any atom is -0.497 e. The van der Waals surface area contributed by atoms with Crippen LogP contribution in [-0.4, -0.2) is 24.0 Å². The Balaban J connectivity index is 1.96. The molecule has 0 fully saturated rings. The Morgan fingerprint density at radius 2 is 1.93 bits per heavy atom. The fourth-order valence-electron chi connectivity index (χ4n) is 2.97. The maximum Gasteiger partial charge on any atom is 0.319 e. The first-order chi connectivity index (χ1) is 13.8. The van der Waals surface area contributed by atoms with Crippen molar-refractivity contribution >= 4 is 39.2 Å². The van der Waals surface area contributed by atoms with E-state index in [1.807, 2.05) is 0 Å². The van der Waals surface area contributed by atoms with E-state index in [4.69, 9.17) is 4.74 Å². The quantitative estimate of drug-likeness (QED) is 0.464. The molecule has 2 aromatic rings. The van der Waals surface area contributed by atoms with E-state index < -0.39 is 22.9 Å². The number of nitro groups is 1. The summed E-state index contributed by atoms with van der Waals surface area (Å²) >= 11 is 3.14. The Morgan fingerprint density at radius 3 is 2.55 bits per heavy atom. The average molecular weight is 461 g/mol. The third-order valence-corrected chi connectivity index (χ3v) is 5.03. The predicted molar refractivity (Wildman–Crippen MR) is 110 cm³/mol. The number of ether oxygens (including phenoxy) is 1. The van der Waals surface area contributed by atoms with Crippen LogP contribution in [0.4, 0.5) is 16.2 Å². The Bertz CT molecular complexity index is 1020.